The predicted molar refractivity (Wildman–Crippen MR) is 68.0 cm³/mol. The van der Waals surface area contributed by atoms with Crippen LogP contribution in [0.25, 0.3) is 0 Å². The van der Waals surface area contributed by atoms with Crippen LogP contribution in [0.5, 0.6) is 0 Å². The Kier molecular flexibility index (Phi) is 3.44. The fourth-order valence-electron chi connectivity index (χ4n) is 2.09. The molecule has 3 nitrogen and oxygen atoms in total. The summed E-state index contributed by atoms with van der Waals surface area (Å²) in [4.78, 5) is 6.95. The van der Waals surface area contributed by atoms with Crippen molar-refractivity contribution in [3.8, 4) is 0 Å². The van der Waals surface area contributed by atoms with Crippen LogP contribution in [-0.4, -0.2) is 30.7 Å². The molecule has 0 bridgehead atoms. The molecule has 88 valence electrons. The van der Waals surface area contributed by atoms with Crippen molar-refractivity contribution in [1.82, 2.24) is 10.3 Å². The molecule has 1 aliphatic heterocycles. The Morgan fingerprint density at radius 1 is 1.44 bits per heavy atom. The van der Waals surface area contributed by atoms with Gasteiger partial charge in [0.05, 0.1) is 0 Å². The van der Waals surface area contributed by atoms with Crippen LogP contribution in [0.4, 0.5) is 5.82 Å². The maximum Gasteiger partial charge on any atom is 0.128 e. The van der Waals surface area contributed by atoms with Gasteiger partial charge in [-0.05, 0) is 24.5 Å². The van der Waals surface area contributed by atoms with E-state index in [-0.39, 0.29) is 0 Å². The van der Waals surface area contributed by atoms with Gasteiger partial charge in [0.1, 0.15) is 5.82 Å². The summed E-state index contributed by atoms with van der Waals surface area (Å²) in [6.07, 6.45) is 2.01. The molecule has 1 aromatic rings. The lowest BCUT2D eigenvalue weighted by atomic mass is 10.1. The van der Waals surface area contributed by atoms with Crippen LogP contribution < -0.4 is 10.2 Å². The number of piperazine rings is 1. The highest BCUT2D eigenvalue weighted by atomic mass is 15.3. The first kappa shape index (κ1) is 11.4. The van der Waals surface area contributed by atoms with Gasteiger partial charge in [-0.1, -0.05) is 19.9 Å². The number of rotatable bonds is 2. The molecule has 1 fully saturated rings. The summed E-state index contributed by atoms with van der Waals surface area (Å²) < 4.78 is 0. The highest BCUT2D eigenvalue weighted by Crippen LogP contribution is 2.19. The van der Waals surface area contributed by atoms with Gasteiger partial charge in [0.15, 0.2) is 0 Å². The molecule has 0 spiro atoms. The summed E-state index contributed by atoms with van der Waals surface area (Å²) in [6.45, 7) is 9.79. The second-order valence-corrected chi connectivity index (χ2v) is 4.85. The van der Waals surface area contributed by atoms with Crippen LogP contribution in [0.15, 0.2) is 18.3 Å². The molecule has 1 aliphatic rings. The molecule has 3 heteroatoms. The van der Waals surface area contributed by atoms with Gasteiger partial charge in [-0.15, -0.1) is 0 Å². The largest absolute Gasteiger partial charge is 0.351 e. The van der Waals surface area contributed by atoms with Gasteiger partial charge < -0.3 is 10.2 Å². The normalized spacial score (nSPS) is 21.5. The molecule has 0 unspecified atom stereocenters. The second-order valence-electron chi connectivity index (χ2n) is 4.85. The van der Waals surface area contributed by atoms with E-state index in [2.05, 4.69) is 48.1 Å². The Morgan fingerprint density at radius 3 is 2.81 bits per heavy atom. The van der Waals surface area contributed by atoms with Crippen LogP contribution in [0, 0.1) is 0 Å². The fraction of sp³-hybridized carbons (Fsp3) is 0.615. The monoisotopic (exact) mass is 219 g/mol. The smallest absolute Gasteiger partial charge is 0.128 e. The molecule has 1 N–H and O–H groups in total. The third-order valence-corrected chi connectivity index (χ3v) is 3.23. The summed E-state index contributed by atoms with van der Waals surface area (Å²) in [7, 11) is 0. The van der Waals surface area contributed by atoms with Crippen LogP contribution in [-0.2, 0) is 0 Å². The third-order valence-electron chi connectivity index (χ3n) is 3.23. The molecule has 1 aromatic heterocycles. The minimum absolute atomic E-state index is 0.533. The molecule has 0 saturated carbocycles. The number of nitrogens with one attached hydrogen (secondary N) is 1. The minimum Gasteiger partial charge on any atom is -0.351 e. The van der Waals surface area contributed by atoms with E-state index in [0.29, 0.717) is 12.0 Å². The molecule has 16 heavy (non-hydrogen) atoms. The predicted octanol–water partition coefficient (Wildman–Crippen LogP) is 2.00. The van der Waals surface area contributed by atoms with Crippen LogP contribution in [0.3, 0.4) is 0 Å². The Morgan fingerprint density at radius 2 is 2.25 bits per heavy atom. The van der Waals surface area contributed by atoms with Gasteiger partial charge in [0, 0.05) is 31.9 Å². The van der Waals surface area contributed by atoms with E-state index in [4.69, 9.17) is 0 Å². The van der Waals surface area contributed by atoms with E-state index in [1.165, 1.54) is 5.56 Å². The van der Waals surface area contributed by atoms with Gasteiger partial charge in [-0.2, -0.15) is 0 Å². The maximum absolute atomic E-state index is 4.57. The molecule has 2 rings (SSSR count). The molecule has 0 aliphatic carbocycles. The zero-order chi connectivity index (χ0) is 11.5. The van der Waals surface area contributed by atoms with Gasteiger partial charge in [0.2, 0.25) is 0 Å². The topological polar surface area (TPSA) is 28.2 Å². The molecule has 0 aromatic carbocycles. The first-order valence-electron chi connectivity index (χ1n) is 6.12. The first-order valence-corrected chi connectivity index (χ1v) is 6.12. The zero-order valence-electron chi connectivity index (χ0n) is 10.4. The molecular formula is C13H21N3. The average molecular weight is 219 g/mol. The number of hydrogen-bond acceptors (Lipinski definition) is 3. The van der Waals surface area contributed by atoms with Crippen molar-refractivity contribution in [3.05, 3.63) is 23.9 Å². The van der Waals surface area contributed by atoms with Crippen molar-refractivity contribution in [2.24, 2.45) is 0 Å². The van der Waals surface area contributed by atoms with Crippen molar-refractivity contribution in [2.45, 2.75) is 32.7 Å². The Balaban J connectivity index is 2.14. The molecule has 0 radical (unpaired) electrons. The van der Waals surface area contributed by atoms with E-state index in [0.717, 1.165) is 25.5 Å². The highest BCUT2D eigenvalue weighted by Gasteiger charge is 2.18. The molecular weight excluding hydrogens is 198 g/mol. The van der Waals surface area contributed by atoms with Crippen molar-refractivity contribution in [2.75, 3.05) is 24.5 Å². The van der Waals surface area contributed by atoms with Gasteiger partial charge >= 0.3 is 0 Å². The van der Waals surface area contributed by atoms with E-state index in [9.17, 15) is 0 Å². The van der Waals surface area contributed by atoms with Crippen molar-refractivity contribution in [3.63, 3.8) is 0 Å². The van der Waals surface area contributed by atoms with E-state index >= 15 is 0 Å². The van der Waals surface area contributed by atoms with Crippen LogP contribution in [0.2, 0.25) is 0 Å². The molecule has 1 saturated heterocycles. The van der Waals surface area contributed by atoms with Crippen molar-refractivity contribution >= 4 is 5.82 Å². The van der Waals surface area contributed by atoms with E-state index < -0.39 is 0 Å². The standard InChI is InChI=1S/C13H21N3/c1-10(2)12-4-5-13(15-9-12)16-7-6-14-8-11(16)3/h4-5,9-11,14H,6-8H2,1-3H3/t11-/m1/s1. The summed E-state index contributed by atoms with van der Waals surface area (Å²) in [5.41, 5.74) is 1.31. The first-order chi connectivity index (χ1) is 7.68. The average Bonchev–Trinajstić information content (AvgIpc) is 2.30. The lowest BCUT2D eigenvalue weighted by molar-refractivity contribution is 0.497. The number of anilines is 1. The third kappa shape index (κ3) is 2.35. The van der Waals surface area contributed by atoms with Gasteiger partial charge in [-0.3, -0.25) is 0 Å². The molecule has 2 heterocycles. The van der Waals surface area contributed by atoms with Crippen molar-refractivity contribution < 1.29 is 0 Å². The quantitative estimate of drug-likeness (QED) is 0.824. The van der Waals surface area contributed by atoms with Crippen molar-refractivity contribution in [1.29, 1.82) is 0 Å². The summed E-state index contributed by atoms with van der Waals surface area (Å²) in [6, 6.07) is 4.88. The van der Waals surface area contributed by atoms with Gasteiger partial charge in [0.25, 0.3) is 0 Å². The number of nitrogens with zero attached hydrogens (tertiary/aromatic N) is 2. The maximum atomic E-state index is 4.57. The Bertz CT molecular complexity index is 332. The number of aromatic nitrogens is 1. The Hall–Kier alpha value is -1.09. The summed E-state index contributed by atoms with van der Waals surface area (Å²) in [5.74, 6) is 1.67. The van der Waals surface area contributed by atoms with E-state index in [1.807, 2.05) is 6.20 Å². The lowest BCUT2D eigenvalue weighted by Crippen LogP contribution is -2.50. The van der Waals surface area contributed by atoms with Crippen LogP contribution in [0.1, 0.15) is 32.3 Å². The van der Waals surface area contributed by atoms with Crippen LogP contribution >= 0.6 is 0 Å². The lowest BCUT2D eigenvalue weighted by Gasteiger charge is -2.35. The SMILES string of the molecule is CC(C)c1ccc(N2CCNC[C@H]2C)nc1. The zero-order valence-corrected chi connectivity index (χ0v) is 10.4. The number of pyridine rings is 1. The number of hydrogen-bond donors (Lipinski definition) is 1. The highest BCUT2D eigenvalue weighted by molar-refractivity contribution is 5.41. The van der Waals surface area contributed by atoms with Gasteiger partial charge in [-0.25, -0.2) is 4.98 Å². The summed E-state index contributed by atoms with van der Waals surface area (Å²) >= 11 is 0. The molecule has 1 atom stereocenters. The summed E-state index contributed by atoms with van der Waals surface area (Å²) in [5, 5.41) is 3.39. The molecule has 0 amide bonds. The second kappa shape index (κ2) is 4.83. The van der Waals surface area contributed by atoms with E-state index in [1.54, 1.807) is 0 Å². The minimum atomic E-state index is 0.533. The fourth-order valence-corrected chi connectivity index (χ4v) is 2.09. The Labute approximate surface area is 97.9 Å².